The monoisotopic (exact) mass is 248 g/mol. The molecule has 0 radical (unpaired) electrons. The van der Waals surface area contributed by atoms with Crippen LogP contribution in [0.15, 0.2) is 18.5 Å². The number of hydrogen-bond donors (Lipinski definition) is 1. The summed E-state index contributed by atoms with van der Waals surface area (Å²) in [6.07, 6.45) is 5.99. The van der Waals surface area contributed by atoms with Crippen LogP contribution < -0.4 is 10.6 Å². The van der Waals surface area contributed by atoms with E-state index in [-0.39, 0.29) is 0 Å². The van der Waals surface area contributed by atoms with E-state index in [9.17, 15) is 0 Å². The lowest BCUT2D eigenvalue weighted by Crippen LogP contribution is -2.43. The summed E-state index contributed by atoms with van der Waals surface area (Å²) < 4.78 is 0. The Morgan fingerprint density at radius 1 is 1.39 bits per heavy atom. The van der Waals surface area contributed by atoms with Crippen LogP contribution in [0.3, 0.4) is 0 Å². The summed E-state index contributed by atoms with van der Waals surface area (Å²) in [6, 6.07) is 2.02. The summed E-state index contributed by atoms with van der Waals surface area (Å²) in [4.78, 5) is 8.72. The van der Waals surface area contributed by atoms with Gasteiger partial charge in [-0.3, -0.25) is 4.98 Å². The molecule has 1 aromatic heterocycles. The number of piperidine rings is 1. The molecule has 100 valence electrons. The quantitative estimate of drug-likeness (QED) is 0.886. The zero-order valence-electron chi connectivity index (χ0n) is 11.7. The first kappa shape index (κ1) is 13.1. The Morgan fingerprint density at radius 2 is 2.06 bits per heavy atom. The van der Waals surface area contributed by atoms with Gasteiger partial charge < -0.3 is 15.5 Å². The lowest BCUT2D eigenvalue weighted by Gasteiger charge is -2.42. The van der Waals surface area contributed by atoms with Crippen LogP contribution in [0.4, 0.5) is 11.4 Å². The van der Waals surface area contributed by atoms with E-state index in [1.54, 1.807) is 6.20 Å². The molecule has 0 aliphatic carbocycles. The van der Waals surface area contributed by atoms with Crippen LogP contribution in [-0.2, 0) is 0 Å². The fourth-order valence-corrected chi connectivity index (χ4v) is 2.90. The van der Waals surface area contributed by atoms with Gasteiger partial charge >= 0.3 is 0 Å². The Kier molecular flexibility index (Phi) is 3.76. The van der Waals surface area contributed by atoms with Crippen molar-refractivity contribution in [2.45, 2.75) is 19.8 Å². The van der Waals surface area contributed by atoms with Crippen molar-refractivity contribution >= 4 is 11.4 Å². The molecule has 0 amide bonds. The van der Waals surface area contributed by atoms with E-state index in [1.165, 1.54) is 12.8 Å². The van der Waals surface area contributed by atoms with Crippen molar-refractivity contribution < 1.29 is 0 Å². The minimum atomic E-state index is 0.432. The molecule has 0 unspecified atom stereocenters. The molecule has 18 heavy (non-hydrogen) atoms. The Morgan fingerprint density at radius 3 is 2.61 bits per heavy atom. The van der Waals surface area contributed by atoms with E-state index >= 15 is 0 Å². The first-order chi connectivity index (χ1) is 8.50. The molecule has 2 N–H and O–H groups in total. The van der Waals surface area contributed by atoms with Crippen molar-refractivity contribution in [1.29, 1.82) is 0 Å². The molecule has 1 aliphatic rings. The zero-order chi connectivity index (χ0) is 13.2. The van der Waals surface area contributed by atoms with Crippen LogP contribution in [0, 0.1) is 5.41 Å². The summed E-state index contributed by atoms with van der Waals surface area (Å²) >= 11 is 0. The SMILES string of the molecule is CN(C)CC1(C)CCN(c2ccncc2N)CC1. The second-order valence-electron chi connectivity index (χ2n) is 5.97. The normalized spacial score (nSPS) is 19.2. The first-order valence-electron chi connectivity index (χ1n) is 6.59. The Balaban J connectivity index is 2.01. The number of anilines is 2. The molecular formula is C14H24N4. The highest BCUT2D eigenvalue weighted by atomic mass is 15.2. The van der Waals surface area contributed by atoms with E-state index in [0.717, 1.165) is 31.0 Å². The molecule has 1 aliphatic heterocycles. The zero-order valence-corrected chi connectivity index (χ0v) is 11.7. The van der Waals surface area contributed by atoms with Gasteiger partial charge in [-0.05, 0) is 38.4 Å². The van der Waals surface area contributed by atoms with Gasteiger partial charge in [-0.1, -0.05) is 6.92 Å². The highest BCUT2D eigenvalue weighted by Gasteiger charge is 2.30. The van der Waals surface area contributed by atoms with E-state index in [0.29, 0.717) is 5.41 Å². The fourth-order valence-electron chi connectivity index (χ4n) is 2.90. The molecular weight excluding hydrogens is 224 g/mol. The second kappa shape index (κ2) is 5.14. The van der Waals surface area contributed by atoms with Crippen LogP contribution >= 0.6 is 0 Å². The average molecular weight is 248 g/mol. The third-order valence-corrected chi connectivity index (χ3v) is 3.84. The molecule has 1 fully saturated rings. The second-order valence-corrected chi connectivity index (χ2v) is 5.97. The highest BCUT2D eigenvalue weighted by Crippen LogP contribution is 2.34. The van der Waals surface area contributed by atoms with Crippen LogP contribution in [0.25, 0.3) is 0 Å². The molecule has 1 aromatic rings. The van der Waals surface area contributed by atoms with Crippen LogP contribution in [0.1, 0.15) is 19.8 Å². The summed E-state index contributed by atoms with van der Waals surface area (Å²) in [5.41, 5.74) is 8.34. The van der Waals surface area contributed by atoms with E-state index in [2.05, 4.69) is 35.8 Å². The summed E-state index contributed by atoms with van der Waals surface area (Å²) in [7, 11) is 4.30. The van der Waals surface area contributed by atoms with Gasteiger partial charge in [0.2, 0.25) is 0 Å². The lowest BCUT2D eigenvalue weighted by molar-refractivity contribution is 0.175. The molecule has 2 rings (SSSR count). The lowest BCUT2D eigenvalue weighted by atomic mass is 9.80. The number of hydrogen-bond acceptors (Lipinski definition) is 4. The maximum absolute atomic E-state index is 5.99. The highest BCUT2D eigenvalue weighted by molar-refractivity contribution is 5.66. The molecule has 0 saturated carbocycles. The average Bonchev–Trinajstić information content (AvgIpc) is 2.30. The summed E-state index contributed by atoms with van der Waals surface area (Å²) in [5.74, 6) is 0. The largest absolute Gasteiger partial charge is 0.396 e. The topological polar surface area (TPSA) is 45.4 Å². The number of rotatable bonds is 3. The van der Waals surface area contributed by atoms with E-state index in [4.69, 9.17) is 5.73 Å². The molecule has 4 nitrogen and oxygen atoms in total. The van der Waals surface area contributed by atoms with Gasteiger partial charge in [0.25, 0.3) is 0 Å². The number of aromatic nitrogens is 1. The third-order valence-electron chi connectivity index (χ3n) is 3.84. The van der Waals surface area contributed by atoms with Gasteiger partial charge in [-0.25, -0.2) is 0 Å². The maximum Gasteiger partial charge on any atom is 0.0738 e. The maximum atomic E-state index is 5.99. The third kappa shape index (κ3) is 2.93. The molecule has 4 heteroatoms. The predicted molar refractivity (Wildman–Crippen MR) is 76.8 cm³/mol. The smallest absolute Gasteiger partial charge is 0.0738 e. The van der Waals surface area contributed by atoms with Gasteiger partial charge in [-0.15, -0.1) is 0 Å². The van der Waals surface area contributed by atoms with Crippen molar-refractivity contribution in [2.24, 2.45) is 5.41 Å². The van der Waals surface area contributed by atoms with Crippen molar-refractivity contribution in [2.75, 3.05) is 44.4 Å². The van der Waals surface area contributed by atoms with Crippen LogP contribution in [0.5, 0.6) is 0 Å². The summed E-state index contributed by atoms with van der Waals surface area (Å²) in [5, 5.41) is 0. The summed E-state index contributed by atoms with van der Waals surface area (Å²) in [6.45, 7) is 5.71. The first-order valence-corrected chi connectivity index (χ1v) is 6.59. The number of nitrogens with zero attached hydrogens (tertiary/aromatic N) is 3. The number of nitrogens with two attached hydrogens (primary N) is 1. The predicted octanol–water partition coefficient (Wildman–Crippen LogP) is 1.83. The van der Waals surface area contributed by atoms with Gasteiger partial charge in [0.05, 0.1) is 17.6 Å². The number of nitrogen functional groups attached to an aromatic ring is 1. The fraction of sp³-hybridized carbons (Fsp3) is 0.643. The Labute approximate surface area is 110 Å². The van der Waals surface area contributed by atoms with E-state index < -0.39 is 0 Å². The van der Waals surface area contributed by atoms with Gasteiger partial charge in [0.1, 0.15) is 0 Å². The minimum absolute atomic E-state index is 0.432. The molecule has 0 bridgehead atoms. The molecule has 0 spiro atoms. The standard InChI is InChI=1S/C14H24N4/c1-14(11-17(2)3)5-8-18(9-6-14)13-4-7-16-10-12(13)15/h4,7,10H,5-6,8-9,11,15H2,1-3H3. The van der Waals surface area contributed by atoms with Crippen molar-refractivity contribution in [3.8, 4) is 0 Å². The van der Waals surface area contributed by atoms with Crippen molar-refractivity contribution in [1.82, 2.24) is 9.88 Å². The Bertz CT molecular complexity index is 395. The minimum Gasteiger partial charge on any atom is -0.396 e. The van der Waals surface area contributed by atoms with Crippen molar-refractivity contribution in [3.63, 3.8) is 0 Å². The molecule has 0 aromatic carbocycles. The van der Waals surface area contributed by atoms with Gasteiger partial charge in [0, 0.05) is 25.8 Å². The molecule has 1 saturated heterocycles. The number of pyridine rings is 1. The van der Waals surface area contributed by atoms with E-state index in [1.807, 2.05) is 12.3 Å². The van der Waals surface area contributed by atoms with Crippen molar-refractivity contribution in [3.05, 3.63) is 18.5 Å². The van der Waals surface area contributed by atoms with Gasteiger partial charge in [-0.2, -0.15) is 0 Å². The molecule has 2 heterocycles. The molecule has 0 atom stereocenters. The Hall–Kier alpha value is -1.29. The van der Waals surface area contributed by atoms with Crippen LogP contribution in [0.2, 0.25) is 0 Å². The van der Waals surface area contributed by atoms with Gasteiger partial charge in [0.15, 0.2) is 0 Å². The van der Waals surface area contributed by atoms with Crippen LogP contribution in [-0.4, -0.2) is 43.6 Å².